The Balaban J connectivity index is 1.78. The molecule has 7 nitrogen and oxygen atoms in total. The number of hydrogen-bond acceptors (Lipinski definition) is 6. The van der Waals surface area contributed by atoms with E-state index in [0.717, 1.165) is 5.82 Å². The predicted molar refractivity (Wildman–Crippen MR) is 100 cm³/mol. The Hall–Kier alpha value is -2.35. The van der Waals surface area contributed by atoms with Crippen LogP contribution in [0.5, 0.6) is 5.75 Å². The number of amides is 1. The Morgan fingerprint density at radius 2 is 2.08 bits per heavy atom. The second-order valence-corrected chi connectivity index (χ2v) is 7.93. The van der Waals surface area contributed by atoms with Crippen LogP contribution in [-0.4, -0.2) is 45.3 Å². The van der Waals surface area contributed by atoms with Crippen LogP contribution in [0, 0.1) is 0 Å². The number of fused-ring (bicyclic) bond motifs is 1. The van der Waals surface area contributed by atoms with Crippen molar-refractivity contribution in [2.45, 2.75) is 50.1 Å². The number of hydrogen-bond donors (Lipinski definition) is 1. The van der Waals surface area contributed by atoms with Gasteiger partial charge in [0, 0.05) is 18.5 Å². The smallest absolute Gasteiger partial charge is 0.267 e. The van der Waals surface area contributed by atoms with E-state index in [9.17, 15) is 9.59 Å². The van der Waals surface area contributed by atoms with Crippen molar-refractivity contribution in [3.63, 3.8) is 0 Å². The summed E-state index contributed by atoms with van der Waals surface area (Å²) in [5, 5.41) is 7.25. The molecule has 2 heterocycles. The molecule has 2 unspecified atom stereocenters. The second-order valence-electron chi connectivity index (χ2n) is 6.62. The number of rotatable bonds is 5. The molecule has 0 bridgehead atoms. The lowest BCUT2D eigenvalue weighted by molar-refractivity contribution is -0.125. The Kier molecular flexibility index (Phi) is 5.04. The van der Waals surface area contributed by atoms with Crippen LogP contribution in [0.1, 0.15) is 49.8 Å². The third kappa shape index (κ3) is 3.46. The molecule has 2 atom stereocenters. The fourth-order valence-electron chi connectivity index (χ4n) is 2.68. The zero-order valence-electron chi connectivity index (χ0n) is 15.4. The van der Waals surface area contributed by atoms with Crippen molar-refractivity contribution in [1.29, 1.82) is 0 Å². The van der Waals surface area contributed by atoms with Crippen molar-refractivity contribution in [1.82, 2.24) is 15.2 Å². The Morgan fingerprint density at radius 3 is 2.73 bits per heavy atom. The van der Waals surface area contributed by atoms with Gasteiger partial charge in [0.2, 0.25) is 5.16 Å². The van der Waals surface area contributed by atoms with Crippen LogP contribution in [0.3, 0.4) is 0 Å². The lowest BCUT2D eigenvalue weighted by atomic mass is 10.1. The fraction of sp³-hybridized carbons (Fsp3) is 0.444. The molecule has 8 heteroatoms. The zero-order chi connectivity index (χ0) is 19.0. The van der Waals surface area contributed by atoms with Crippen molar-refractivity contribution in [2.75, 3.05) is 11.9 Å². The van der Waals surface area contributed by atoms with E-state index in [-0.39, 0.29) is 22.9 Å². The lowest BCUT2D eigenvalue weighted by Gasteiger charge is -2.30. The van der Waals surface area contributed by atoms with Gasteiger partial charge in [0.15, 0.2) is 11.9 Å². The maximum absolute atomic E-state index is 12.8. The largest absolute Gasteiger partial charge is 0.479 e. The maximum atomic E-state index is 12.8. The number of H-pyrrole nitrogens is 1. The van der Waals surface area contributed by atoms with Gasteiger partial charge < -0.3 is 9.64 Å². The third-order valence-electron chi connectivity index (χ3n) is 4.27. The van der Waals surface area contributed by atoms with E-state index in [4.69, 9.17) is 4.74 Å². The minimum absolute atomic E-state index is 0.0480. The highest BCUT2D eigenvalue weighted by Gasteiger charge is 2.30. The molecular formula is C18H22N4O3S. The van der Waals surface area contributed by atoms with Crippen LogP contribution in [0.25, 0.3) is 0 Å². The number of nitrogens with one attached hydrogen (secondary N) is 1. The summed E-state index contributed by atoms with van der Waals surface area (Å²) in [4.78, 5) is 30.8. The third-order valence-corrected chi connectivity index (χ3v) is 5.23. The highest BCUT2D eigenvalue weighted by atomic mass is 32.2. The predicted octanol–water partition coefficient (Wildman–Crippen LogP) is 3.04. The molecule has 0 radical (unpaired) electrons. The molecule has 3 rings (SSSR count). The zero-order valence-corrected chi connectivity index (χ0v) is 16.3. The summed E-state index contributed by atoms with van der Waals surface area (Å²) in [6.07, 6.45) is -0.524. The van der Waals surface area contributed by atoms with Crippen molar-refractivity contribution in [2.24, 2.45) is 0 Å². The summed E-state index contributed by atoms with van der Waals surface area (Å²) in [5.41, 5.74) is 1.14. The standard InChI is InChI=1S/C18H22N4O3S/c1-9(2)16-19-18(21-20-16)26-11(4)15(23)12-6-7-14-13(8-12)22(5)17(24)10(3)25-14/h6-11H,1-5H3,(H,19,20,21). The number of anilines is 1. The Labute approximate surface area is 156 Å². The lowest BCUT2D eigenvalue weighted by Crippen LogP contribution is -2.42. The summed E-state index contributed by atoms with van der Waals surface area (Å²) in [6, 6.07) is 5.17. The monoisotopic (exact) mass is 374 g/mol. The van der Waals surface area contributed by atoms with E-state index in [1.165, 1.54) is 16.7 Å². The summed E-state index contributed by atoms with van der Waals surface area (Å²) in [7, 11) is 1.69. The highest BCUT2D eigenvalue weighted by Crippen LogP contribution is 2.35. The van der Waals surface area contributed by atoms with Crippen molar-refractivity contribution < 1.29 is 14.3 Å². The number of nitrogens with zero attached hydrogens (tertiary/aromatic N) is 3. The topological polar surface area (TPSA) is 88.2 Å². The average Bonchev–Trinajstić information content (AvgIpc) is 3.07. The number of ketones is 1. The Bertz CT molecular complexity index is 849. The number of Topliss-reactive ketones (excluding diaryl/α,β-unsaturated/α-hetero) is 1. The van der Waals surface area contributed by atoms with E-state index in [1.54, 1.807) is 32.2 Å². The van der Waals surface area contributed by atoms with Gasteiger partial charge in [0.05, 0.1) is 10.9 Å². The SMILES string of the molecule is CC1Oc2ccc(C(=O)C(C)Sc3n[nH]c(C(C)C)n3)cc2N(C)C1=O. The minimum Gasteiger partial charge on any atom is -0.479 e. The molecule has 26 heavy (non-hydrogen) atoms. The first-order valence-corrected chi connectivity index (χ1v) is 9.37. The quantitative estimate of drug-likeness (QED) is 0.639. The van der Waals surface area contributed by atoms with Gasteiger partial charge in [-0.3, -0.25) is 14.7 Å². The number of carbonyl (C=O) groups excluding carboxylic acids is 2. The van der Waals surface area contributed by atoms with Gasteiger partial charge in [0.25, 0.3) is 5.91 Å². The molecular weight excluding hydrogens is 352 g/mol. The van der Waals surface area contributed by atoms with E-state index in [1.807, 2.05) is 20.8 Å². The molecule has 138 valence electrons. The van der Waals surface area contributed by atoms with Crippen LogP contribution in [0.15, 0.2) is 23.4 Å². The number of likely N-dealkylation sites (N-methyl/N-ethyl adjacent to an activating group) is 1. The van der Waals surface area contributed by atoms with Crippen LogP contribution in [-0.2, 0) is 4.79 Å². The molecule has 1 amide bonds. The number of carbonyl (C=O) groups is 2. The molecule has 0 saturated heterocycles. The van der Waals surface area contributed by atoms with E-state index < -0.39 is 6.10 Å². The normalized spacial score (nSPS) is 17.8. The summed E-state index contributed by atoms with van der Waals surface area (Å²) in [6.45, 7) is 7.59. The van der Waals surface area contributed by atoms with Gasteiger partial charge >= 0.3 is 0 Å². The average molecular weight is 374 g/mol. The molecule has 0 aliphatic carbocycles. The van der Waals surface area contributed by atoms with Crippen LogP contribution in [0.4, 0.5) is 5.69 Å². The molecule has 1 aromatic heterocycles. The van der Waals surface area contributed by atoms with Gasteiger partial charge in [-0.05, 0) is 32.0 Å². The molecule has 0 saturated carbocycles. The van der Waals surface area contributed by atoms with Crippen LogP contribution in [0.2, 0.25) is 0 Å². The van der Waals surface area contributed by atoms with Gasteiger partial charge in [-0.1, -0.05) is 25.6 Å². The van der Waals surface area contributed by atoms with E-state index >= 15 is 0 Å². The van der Waals surface area contributed by atoms with Gasteiger partial charge in [0.1, 0.15) is 11.6 Å². The van der Waals surface area contributed by atoms with Gasteiger partial charge in [-0.25, -0.2) is 4.98 Å². The number of aromatic amines is 1. The van der Waals surface area contributed by atoms with Crippen molar-refractivity contribution in [3.05, 3.63) is 29.6 Å². The molecule has 1 aliphatic rings. The molecule has 1 N–H and O–H groups in total. The number of aromatic nitrogens is 3. The number of ether oxygens (including phenoxy) is 1. The molecule has 1 aliphatic heterocycles. The van der Waals surface area contributed by atoms with Crippen LogP contribution < -0.4 is 9.64 Å². The van der Waals surface area contributed by atoms with Crippen LogP contribution >= 0.6 is 11.8 Å². The maximum Gasteiger partial charge on any atom is 0.267 e. The number of thioether (sulfide) groups is 1. The first-order valence-electron chi connectivity index (χ1n) is 8.49. The first kappa shape index (κ1) is 18.4. The van der Waals surface area contributed by atoms with E-state index in [2.05, 4.69) is 15.2 Å². The fourth-order valence-corrected chi connectivity index (χ4v) is 3.49. The summed E-state index contributed by atoms with van der Waals surface area (Å²) < 4.78 is 5.60. The van der Waals surface area contributed by atoms with E-state index in [0.29, 0.717) is 22.2 Å². The second kappa shape index (κ2) is 7.11. The molecule has 0 spiro atoms. The highest BCUT2D eigenvalue weighted by molar-refractivity contribution is 8.00. The summed E-state index contributed by atoms with van der Waals surface area (Å²) >= 11 is 1.31. The van der Waals surface area contributed by atoms with Crippen molar-refractivity contribution >= 4 is 29.1 Å². The minimum atomic E-state index is -0.524. The molecule has 2 aromatic rings. The molecule has 0 fully saturated rings. The Morgan fingerprint density at radius 1 is 1.35 bits per heavy atom. The number of benzene rings is 1. The van der Waals surface area contributed by atoms with Gasteiger partial charge in [-0.2, -0.15) is 0 Å². The molecule has 1 aromatic carbocycles. The van der Waals surface area contributed by atoms with Gasteiger partial charge in [-0.15, -0.1) is 5.10 Å². The first-order chi connectivity index (χ1) is 12.3. The van der Waals surface area contributed by atoms with Crippen molar-refractivity contribution in [3.8, 4) is 5.75 Å². The summed E-state index contributed by atoms with van der Waals surface area (Å²) in [5.74, 6) is 1.47.